The zero-order chi connectivity index (χ0) is 16.4. The summed E-state index contributed by atoms with van der Waals surface area (Å²) in [6, 6.07) is 0. The zero-order valence-corrected chi connectivity index (χ0v) is 14.6. The second kappa shape index (κ2) is 10.6. The molecule has 22 heavy (non-hydrogen) atoms. The molecule has 2 amide bonds. The number of hydrogen-bond donors (Lipinski definition) is 1. The Balaban J connectivity index is 2.30. The van der Waals surface area contributed by atoms with Crippen LogP contribution in [-0.4, -0.2) is 11.8 Å². The second-order valence-corrected chi connectivity index (χ2v) is 6.66. The number of rotatable bonds is 11. The van der Waals surface area contributed by atoms with E-state index >= 15 is 0 Å². The lowest BCUT2D eigenvalue weighted by Gasteiger charge is -2.14. The molecule has 3 nitrogen and oxygen atoms in total. The van der Waals surface area contributed by atoms with E-state index in [1.165, 1.54) is 51.4 Å². The molecule has 1 aliphatic heterocycles. The number of hydrogen-bond acceptors (Lipinski definition) is 2. The third-order valence-electron chi connectivity index (χ3n) is 4.72. The van der Waals surface area contributed by atoms with Gasteiger partial charge in [-0.15, -0.1) is 0 Å². The van der Waals surface area contributed by atoms with Crippen molar-refractivity contribution in [3.05, 3.63) is 11.6 Å². The van der Waals surface area contributed by atoms with Crippen LogP contribution in [0.15, 0.2) is 11.6 Å². The molecule has 126 valence electrons. The van der Waals surface area contributed by atoms with Gasteiger partial charge in [-0.2, -0.15) is 0 Å². The molecule has 1 aliphatic rings. The number of amides is 2. The van der Waals surface area contributed by atoms with Crippen molar-refractivity contribution in [2.75, 3.05) is 0 Å². The van der Waals surface area contributed by atoms with Crippen molar-refractivity contribution in [2.24, 2.45) is 11.8 Å². The van der Waals surface area contributed by atoms with E-state index in [0.29, 0.717) is 12.3 Å². The summed E-state index contributed by atoms with van der Waals surface area (Å²) in [5, 5.41) is 2.40. The lowest BCUT2D eigenvalue weighted by Crippen LogP contribution is -2.22. The van der Waals surface area contributed by atoms with Crippen molar-refractivity contribution < 1.29 is 9.59 Å². The van der Waals surface area contributed by atoms with Crippen LogP contribution in [0.3, 0.4) is 0 Å². The van der Waals surface area contributed by atoms with Gasteiger partial charge < -0.3 is 0 Å². The Bertz CT molecular complexity index is 387. The van der Waals surface area contributed by atoms with Gasteiger partial charge in [0.15, 0.2) is 0 Å². The molecular weight excluding hydrogens is 274 g/mol. The highest BCUT2D eigenvalue weighted by Gasteiger charge is 2.31. The lowest BCUT2D eigenvalue weighted by atomic mass is 9.91. The van der Waals surface area contributed by atoms with Gasteiger partial charge >= 0.3 is 0 Å². The monoisotopic (exact) mass is 307 g/mol. The number of unbranched alkanes of at least 4 members (excludes halogenated alkanes) is 6. The maximum absolute atomic E-state index is 11.7. The van der Waals surface area contributed by atoms with E-state index in [4.69, 9.17) is 0 Å². The Morgan fingerprint density at radius 3 is 2.32 bits per heavy atom. The van der Waals surface area contributed by atoms with Gasteiger partial charge in [0.25, 0.3) is 0 Å². The molecule has 0 radical (unpaired) electrons. The summed E-state index contributed by atoms with van der Waals surface area (Å²) in [6.07, 6.45) is 14.2. The van der Waals surface area contributed by atoms with Gasteiger partial charge in [-0.25, -0.2) is 0 Å². The first kappa shape index (κ1) is 18.9. The van der Waals surface area contributed by atoms with Crippen LogP contribution in [0.1, 0.15) is 85.0 Å². The largest absolute Gasteiger partial charge is 0.296 e. The van der Waals surface area contributed by atoms with E-state index in [9.17, 15) is 9.59 Å². The minimum atomic E-state index is -0.226. The highest BCUT2D eigenvalue weighted by atomic mass is 16.2. The van der Waals surface area contributed by atoms with Crippen LogP contribution in [0.5, 0.6) is 0 Å². The molecule has 1 fully saturated rings. The molecule has 2 unspecified atom stereocenters. The Labute approximate surface area is 135 Å². The SMILES string of the molecule is CCCCCCCCCC(/C=C(\C)C1CC(=O)NC1=O)CC. The van der Waals surface area contributed by atoms with Gasteiger partial charge in [0.1, 0.15) is 0 Å². The fourth-order valence-electron chi connectivity index (χ4n) is 3.18. The third kappa shape index (κ3) is 6.76. The molecule has 1 N–H and O–H groups in total. The van der Waals surface area contributed by atoms with Crippen LogP contribution in [0.4, 0.5) is 0 Å². The van der Waals surface area contributed by atoms with Crippen LogP contribution in [0.2, 0.25) is 0 Å². The van der Waals surface area contributed by atoms with Gasteiger partial charge in [-0.1, -0.05) is 70.4 Å². The first-order valence-corrected chi connectivity index (χ1v) is 9.10. The lowest BCUT2D eigenvalue weighted by molar-refractivity contribution is -0.125. The summed E-state index contributed by atoms with van der Waals surface area (Å²) in [7, 11) is 0. The van der Waals surface area contributed by atoms with Gasteiger partial charge in [-0.05, 0) is 25.7 Å². The molecule has 0 bridgehead atoms. The van der Waals surface area contributed by atoms with E-state index in [2.05, 4.69) is 25.2 Å². The molecule has 0 aromatic rings. The van der Waals surface area contributed by atoms with Gasteiger partial charge in [0.2, 0.25) is 11.8 Å². The van der Waals surface area contributed by atoms with E-state index in [0.717, 1.165) is 12.0 Å². The smallest absolute Gasteiger partial charge is 0.234 e. The number of carbonyl (C=O) groups excluding carboxylic acids is 2. The molecule has 0 saturated carbocycles. The Morgan fingerprint density at radius 2 is 1.77 bits per heavy atom. The molecule has 2 atom stereocenters. The van der Waals surface area contributed by atoms with E-state index < -0.39 is 0 Å². The van der Waals surface area contributed by atoms with E-state index in [1.54, 1.807) is 0 Å². The molecule has 3 heteroatoms. The van der Waals surface area contributed by atoms with E-state index in [-0.39, 0.29) is 17.7 Å². The molecule has 0 aromatic heterocycles. The maximum Gasteiger partial charge on any atom is 0.234 e. The van der Waals surface area contributed by atoms with Crippen LogP contribution >= 0.6 is 0 Å². The van der Waals surface area contributed by atoms with Crippen molar-refractivity contribution in [3.63, 3.8) is 0 Å². The summed E-state index contributed by atoms with van der Waals surface area (Å²) in [5.41, 5.74) is 1.07. The number of allylic oxidation sites excluding steroid dienone is 1. The van der Waals surface area contributed by atoms with Crippen LogP contribution in [-0.2, 0) is 9.59 Å². The average Bonchev–Trinajstić information content (AvgIpc) is 2.83. The summed E-state index contributed by atoms with van der Waals surface area (Å²) in [4.78, 5) is 23.0. The molecule has 0 aliphatic carbocycles. The molecule has 1 heterocycles. The number of imide groups is 1. The topological polar surface area (TPSA) is 46.2 Å². The van der Waals surface area contributed by atoms with Crippen LogP contribution in [0.25, 0.3) is 0 Å². The zero-order valence-electron chi connectivity index (χ0n) is 14.6. The van der Waals surface area contributed by atoms with Gasteiger partial charge in [-0.3, -0.25) is 14.9 Å². The summed E-state index contributed by atoms with van der Waals surface area (Å²) < 4.78 is 0. The highest BCUT2D eigenvalue weighted by Crippen LogP contribution is 2.24. The molecule has 1 rings (SSSR count). The number of nitrogens with one attached hydrogen (secondary N) is 1. The minimum Gasteiger partial charge on any atom is -0.296 e. The van der Waals surface area contributed by atoms with Crippen molar-refractivity contribution in [3.8, 4) is 0 Å². The van der Waals surface area contributed by atoms with Crippen molar-refractivity contribution in [1.29, 1.82) is 0 Å². The highest BCUT2D eigenvalue weighted by molar-refractivity contribution is 6.04. The predicted molar refractivity (Wildman–Crippen MR) is 91.4 cm³/mol. The standard InChI is InChI=1S/C19H33NO2/c1-4-6-7-8-9-10-11-12-16(5-2)13-15(3)17-14-18(21)20-19(17)22/h13,16-17H,4-12,14H2,1-3H3,(H,20,21,22)/b15-13+. The molecule has 0 aromatic carbocycles. The summed E-state index contributed by atoms with van der Waals surface area (Å²) in [6.45, 7) is 6.45. The summed E-state index contributed by atoms with van der Waals surface area (Å²) >= 11 is 0. The fraction of sp³-hybridized carbons (Fsp3) is 0.789. The summed E-state index contributed by atoms with van der Waals surface area (Å²) in [5.74, 6) is 0.0575. The average molecular weight is 307 g/mol. The molecule has 0 spiro atoms. The first-order valence-electron chi connectivity index (χ1n) is 9.10. The molecule has 1 saturated heterocycles. The Kier molecular flexibility index (Phi) is 9.10. The Hall–Kier alpha value is -1.12. The van der Waals surface area contributed by atoms with Crippen LogP contribution < -0.4 is 5.32 Å². The fourth-order valence-corrected chi connectivity index (χ4v) is 3.18. The van der Waals surface area contributed by atoms with Crippen molar-refractivity contribution in [2.45, 2.75) is 85.0 Å². The minimum absolute atomic E-state index is 0.121. The third-order valence-corrected chi connectivity index (χ3v) is 4.72. The Morgan fingerprint density at radius 1 is 1.14 bits per heavy atom. The first-order chi connectivity index (χ1) is 10.6. The predicted octanol–water partition coefficient (Wildman–Crippen LogP) is 4.76. The van der Waals surface area contributed by atoms with Crippen LogP contribution in [0, 0.1) is 11.8 Å². The number of carbonyl (C=O) groups is 2. The molecular formula is C19H33NO2. The van der Waals surface area contributed by atoms with Gasteiger partial charge in [0.05, 0.1) is 5.92 Å². The van der Waals surface area contributed by atoms with E-state index in [1.807, 2.05) is 6.92 Å². The normalized spacial score (nSPS) is 20.3. The van der Waals surface area contributed by atoms with Crippen molar-refractivity contribution >= 4 is 11.8 Å². The van der Waals surface area contributed by atoms with Gasteiger partial charge in [0, 0.05) is 6.42 Å². The van der Waals surface area contributed by atoms with Crippen molar-refractivity contribution in [1.82, 2.24) is 5.32 Å². The second-order valence-electron chi connectivity index (χ2n) is 6.66. The maximum atomic E-state index is 11.7. The quantitative estimate of drug-likeness (QED) is 0.340.